The number of anilines is 1. The molecule has 0 aliphatic carbocycles. The molecule has 1 amide bonds. The number of benzene rings is 2. The van der Waals surface area contributed by atoms with E-state index in [1.54, 1.807) is 13.0 Å². The SMILES string of the molecule is CCOC(=O)c1c(-c2ccccc2)csc1NC(=O)c1sc2cccc(Cl)c2c1Cl. The zero-order chi connectivity index (χ0) is 21.3. The number of ether oxygens (including phenoxy) is 1. The topological polar surface area (TPSA) is 55.4 Å². The Bertz CT molecular complexity index is 1250. The van der Waals surface area contributed by atoms with Crippen LogP contribution in [0.15, 0.2) is 53.9 Å². The lowest BCUT2D eigenvalue weighted by molar-refractivity contribution is 0.0529. The van der Waals surface area contributed by atoms with Crippen molar-refractivity contribution in [3.8, 4) is 11.1 Å². The molecule has 4 rings (SSSR count). The van der Waals surface area contributed by atoms with E-state index in [4.69, 9.17) is 27.9 Å². The first-order valence-corrected chi connectivity index (χ1v) is 11.5. The second-order valence-corrected chi connectivity index (χ2v) is 8.97. The monoisotopic (exact) mass is 475 g/mol. The number of carbonyl (C=O) groups is 2. The average molecular weight is 476 g/mol. The van der Waals surface area contributed by atoms with Crippen molar-refractivity contribution in [2.75, 3.05) is 11.9 Å². The van der Waals surface area contributed by atoms with Crippen LogP contribution in [0, 0.1) is 0 Å². The minimum Gasteiger partial charge on any atom is -0.462 e. The number of halogens is 2. The molecule has 8 heteroatoms. The van der Waals surface area contributed by atoms with Crippen LogP contribution in [0.3, 0.4) is 0 Å². The molecule has 0 saturated heterocycles. The van der Waals surface area contributed by atoms with Crippen LogP contribution in [-0.2, 0) is 4.74 Å². The normalized spacial score (nSPS) is 10.9. The molecule has 0 saturated carbocycles. The summed E-state index contributed by atoms with van der Waals surface area (Å²) in [5, 5.41) is 6.53. The second kappa shape index (κ2) is 8.78. The quantitative estimate of drug-likeness (QED) is 0.306. The fraction of sp³-hybridized carbons (Fsp3) is 0.0909. The van der Waals surface area contributed by atoms with Crippen LogP contribution < -0.4 is 5.32 Å². The van der Waals surface area contributed by atoms with Crippen LogP contribution in [0.4, 0.5) is 5.00 Å². The fourth-order valence-corrected chi connectivity index (χ4v) is 5.87. The maximum Gasteiger partial charge on any atom is 0.341 e. The third-order valence-electron chi connectivity index (χ3n) is 4.39. The molecule has 0 spiro atoms. The average Bonchev–Trinajstić information content (AvgIpc) is 3.31. The lowest BCUT2D eigenvalue weighted by Gasteiger charge is -2.08. The van der Waals surface area contributed by atoms with Crippen LogP contribution in [0.25, 0.3) is 21.2 Å². The van der Waals surface area contributed by atoms with E-state index < -0.39 is 11.9 Å². The molecule has 0 unspecified atom stereocenters. The lowest BCUT2D eigenvalue weighted by atomic mass is 10.0. The first-order valence-electron chi connectivity index (χ1n) is 9.03. The number of hydrogen-bond acceptors (Lipinski definition) is 5. The van der Waals surface area contributed by atoms with Gasteiger partial charge in [-0.15, -0.1) is 22.7 Å². The molecule has 2 aromatic heterocycles. The predicted octanol–water partition coefficient (Wildman–Crippen LogP) is 7.37. The number of hydrogen-bond donors (Lipinski definition) is 1. The van der Waals surface area contributed by atoms with E-state index in [2.05, 4.69) is 5.32 Å². The Balaban J connectivity index is 1.74. The molecule has 2 aromatic carbocycles. The number of fused-ring (bicyclic) bond motifs is 1. The summed E-state index contributed by atoms with van der Waals surface area (Å²) >= 11 is 15.2. The van der Waals surface area contributed by atoms with Gasteiger partial charge in [-0.05, 0) is 24.6 Å². The Hall–Kier alpha value is -2.38. The van der Waals surface area contributed by atoms with Crippen molar-refractivity contribution in [1.82, 2.24) is 0 Å². The van der Waals surface area contributed by atoms with Gasteiger partial charge in [0.1, 0.15) is 15.4 Å². The van der Waals surface area contributed by atoms with Crippen LogP contribution >= 0.6 is 45.9 Å². The molecule has 0 radical (unpaired) electrons. The zero-order valence-corrected chi connectivity index (χ0v) is 18.8. The van der Waals surface area contributed by atoms with Gasteiger partial charge in [-0.2, -0.15) is 0 Å². The van der Waals surface area contributed by atoms with Gasteiger partial charge < -0.3 is 10.1 Å². The van der Waals surface area contributed by atoms with E-state index in [-0.39, 0.29) is 6.61 Å². The summed E-state index contributed by atoms with van der Waals surface area (Å²) in [5.74, 6) is -0.886. The third kappa shape index (κ3) is 3.84. The first-order chi connectivity index (χ1) is 14.5. The second-order valence-electron chi connectivity index (χ2n) is 6.25. The molecular weight excluding hydrogens is 461 g/mol. The highest BCUT2D eigenvalue weighted by atomic mass is 35.5. The lowest BCUT2D eigenvalue weighted by Crippen LogP contribution is -2.14. The Labute approximate surface area is 191 Å². The van der Waals surface area contributed by atoms with Gasteiger partial charge in [0.05, 0.1) is 16.7 Å². The van der Waals surface area contributed by atoms with Crippen molar-refractivity contribution in [3.05, 3.63) is 74.4 Å². The summed E-state index contributed by atoms with van der Waals surface area (Å²) in [6.45, 7) is 1.97. The standard InChI is InChI=1S/C22H15Cl2NO3S2/c1-2-28-22(27)16-13(12-7-4-3-5-8-12)11-29-21(16)25-20(26)19-18(24)17-14(23)9-6-10-15(17)30-19/h3-11H,2H2,1H3,(H,25,26). The summed E-state index contributed by atoms with van der Waals surface area (Å²) < 4.78 is 6.06. The van der Waals surface area contributed by atoms with Gasteiger partial charge in [0.2, 0.25) is 0 Å². The van der Waals surface area contributed by atoms with Crippen molar-refractivity contribution < 1.29 is 14.3 Å². The van der Waals surface area contributed by atoms with Crippen molar-refractivity contribution in [1.29, 1.82) is 0 Å². The maximum absolute atomic E-state index is 13.0. The van der Waals surface area contributed by atoms with Gasteiger partial charge in [-0.1, -0.05) is 59.6 Å². The molecule has 30 heavy (non-hydrogen) atoms. The van der Waals surface area contributed by atoms with E-state index in [1.807, 2.05) is 47.8 Å². The number of nitrogens with one attached hydrogen (secondary N) is 1. The third-order valence-corrected chi connectivity index (χ3v) is 7.25. The first kappa shape index (κ1) is 20.9. The van der Waals surface area contributed by atoms with E-state index >= 15 is 0 Å². The zero-order valence-electron chi connectivity index (χ0n) is 15.7. The van der Waals surface area contributed by atoms with Gasteiger partial charge in [0.15, 0.2) is 0 Å². The summed E-state index contributed by atoms with van der Waals surface area (Å²) in [5.41, 5.74) is 1.90. The Morgan fingerprint density at radius 2 is 1.83 bits per heavy atom. The largest absolute Gasteiger partial charge is 0.462 e. The number of esters is 1. The van der Waals surface area contributed by atoms with Crippen molar-refractivity contribution in [3.63, 3.8) is 0 Å². The summed E-state index contributed by atoms with van der Waals surface area (Å²) in [4.78, 5) is 26.0. The minimum absolute atomic E-state index is 0.233. The number of amides is 1. The Kier molecular flexibility index (Phi) is 6.11. The van der Waals surface area contributed by atoms with Crippen molar-refractivity contribution >= 4 is 72.8 Å². The van der Waals surface area contributed by atoms with Gasteiger partial charge in [-0.3, -0.25) is 4.79 Å². The molecule has 152 valence electrons. The van der Waals surface area contributed by atoms with Crippen molar-refractivity contribution in [2.45, 2.75) is 6.92 Å². The molecule has 1 N–H and O–H groups in total. The van der Waals surface area contributed by atoms with E-state index in [0.717, 1.165) is 10.3 Å². The summed E-state index contributed by atoms with van der Waals surface area (Å²) in [7, 11) is 0. The molecule has 4 nitrogen and oxygen atoms in total. The summed E-state index contributed by atoms with van der Waals surface area (Å²) in [6, 6.07) is 14.9. The molecule has 0 bridgehead atoms. The van der Waals surface area contributed by atoms with Gasteiger partial charge in [0.25, 0.3) is 5.91 Å². The van der Waals surface area contributed by atoms with Gasteiger partial charge in [-0.25, -0.2) is 4.79 Å². The summed E-state index contributed by atoms with van der Waals surface area (Å²) in [6.07, 6.45) is 0. The number of rotatable bonds is 5. The molecule has 0 atom stereocenters. The van der Waals surface area contributed by atoms with Crippen molar-refractivity contribution in [2.24, 2.45) is 0 Å². The maximum atomic E-state index is 13.0. The molecule has 0 fully saturated rings. The van der Waals surface area contributed by atoms with E-state index in [0.29, 0.717) is 36.4 Å². The molecule has 0 aliphatic rings. The molecule has 2 heterocycles. The smallest absolute Gasteiger partial charge is 0.341 e. The van der Waals surface area contributed by atoms with Crippen LogP contribution in [0.2, 0.25) is 10.0 Å². The van der Waals surface area contributed by atoms with Crippen LogP contribution in [-0.4, -0.2) is 18.5 Å². The van der Waals surface area contributed by atoms with Crippen LogP contribution in [0.5, 0.6) is 0 Å². The minimum atomic E-state index is -0.488. The highest BCUT2D eigenvalue weighted by Gasteiger charge is 2.25. The number of thiophene rings is 2. The molecule has 0 aliphatic heterocycles. The number of carbonyl (C=O) groups excluding carboxylic acids is 2. The Morgan fingerprint density at radius 3 is 2.53 bits per heavy atom. The van der Waals surface area contributed by atoms with Gasteiger partial charge >= 0.3 is 5.97 Å². The highest BCUT2D eigenvalue weighted by Crippen LogP contribution is 2.41. The van der Waals surface area contributed by atoms with E-state index in [9.17, 15) is 9.59 Å². The molecular formula is C22H15Cl2NO3S2. The van der Waals surface area contributed by atoms with Crippen LogP contribution in [0.1, 0.15) is 27.0 Å². The Morgan fingerprint density at radius 1 is 1.07 bits per heavy atom. The fourth-order valence-electron chi connectivity index (χ4n) is 3.06. The predicted molar refractivity (Wildman–Crippen MR) is 126 cm³/mol. The van der Waals surface area contributed by atoms with Gasteiger partial charge in [0, 0.05) is 21.0 Å². The molecule has 4 aromatic rings. The van der Waals surface area contributed by atoms with E-state index in [1.165, 1.54) is 22.7 Å². The highest BCUT2D eigenvalue weighted by molar-refractivity contribution is 7.22.